The summed E-state index contributed by atoms with van der Waals surface area (Å²) in [6.45, 7) is -2.16. The number of hydrogen-bond donors (Lipinski definition) is 1. The summed E-state index contributed by atoms with van der Waals surface area (Å²) in [5.41, 5.74) is 7.71. The van der Waals surface area contributed by atoms with E-state index in [1.165, 1.54) is 6.07 Å². The first-order chi connectivity index (χ1) is 11.0. The number of halogens is 3. The van der Waals surface area contributed by atoms with E-state index in [1.807, 2.05) is 0 Å². The summed E-state index contributed by atoms with van der Waals surface area (Å²) in [5, 5.41) is 0. The van der Waals surface area contributed by atoms with Crippen LogP contribution in [-0.4, -0.2) is 25.1 Å². The third-order valence-electron chi connectivity index (χ3n) is 4.72. The standard InChI is InChI=1S/C17H22F2N2O2.ClH/c18-17(19)23-14-6-7-15-11(10-14)4-2-8-21(15)16(22)12-3-1-5-13(20)9-12;/h6-7,10,12-13,17H,1-5,8-9,20H2;1H. The van der Waals surface area contributed by atoms with Crippen LogP contribution in [0.1, 0.15) is 37.7 Å². The fraction of sp³-hybridized carbons (Fsp3) is 0.588. The number of benzene rings is 1. The monoisotopic (exact) mass is 360 g/mol. The second-order valence-electron chi connectivity index (χ2n) is 6.39. The maximum Gasteiger partial charge on any atom is 0.387 e. The van der Waals surface area contributed by atoms with Crippen LogP contribution in [0.3, 0.4) is 0 Å². The second kappa shape index (κ2) is 8.12. The quantitative estimate of drug-likeness (QED) is 0.897. The van der Waals surface area contributed by atoms with Gasteiger partial charge in [0.2, 0.25) is 5.91 Å². The summed E-state index contributed by atoms with van der Waals surface area (Å²) in [4.78, 5) is 14.6. The van der Waals surface area contributed by atoms with Crippen molar-refractivity contribution < 1.29 is 18.3 Å². The summed E-state index contributed by atoms with van der Waals surface area (Å²) in [5.74, 6) is 0.234. The molecule has 2 aliphatic rings. The van der Waals surface area contributed by atoms with Gasteiger partial charge in [-0.3, -0.25) is 4.79 Å². The van der Waals surface area contributed by atoms with Gasteiger partial charge in [-0.05, 0) is 55.9 Å². The highest BCUT2D eigenvalue weighted by Crippen LogP contribution is 2.34. The number of rotatable bonds is 3. The van der Waals surface area contributed by atoms with Crippen molar-refractivity contribution in [2.75, 3.05) is 11.4 Å². The highest BCUT2D eigenvalue weighted by Gasteiger charge is 2.31. The van der Waals surface area contributed by atoms with Gasteiger partial charge in [-0.15, -0.1) is 12.4 Å². The van der Waals surface area contributed by atoms with Crippen molar-refractivity contribution in [3.8, 4) is 5.75 Å². The van der Waals surface area contributed by atoms with Crippen LogP contribution >= 0.6 is 12.4 Å². The Kier molecular flexibility index (Phi) is 6.40. The molecule has 3 rings (SSSR count). The molecule has 1 aliphatic heterocycles. The van der Waals surface area contributed by atoms with E-state index in [0.29, 0.717) is 6.54 Å². The molecule has 24 heavy (non-hydrogen) atoms. The third-order valence-corrected chi connectivity index (χ3v) is 4.72. The first kappa shape index (κ1) is 18.9. The smallest absolute Gasteiger partial charge is 0.387 e. The van der Waals surface area contributed by atoms with E-state index < -0.39 is 6.61 Å². The molecule has 0 aromatic heterocycles. The molecule has 1 aromatic rings. The zero-order valence-electron chi connectivity index (χ0n) is 13.4. The molecule has 4 nitrogen and oxygen atoms in total. The molecule has 1 saturated carbocycles. The predicted octanol–water partition coefficient (Wildman–Crippen LogP) is 3.51. The van der Waals surface area contributed by atoms with Crippen LogP contribution < -0.4 is 15.4 Å². The molecular formula is C17H23ClF2N2O2. The average Bonchev–Trinajstić information content (AvgIpc) is 2.53. The third kappa shape index (κ3) is 4.16. The maximum atomic E-state index is 12.8. The van der Waals surface area contributed by atoms with Gasteiger partial charge in [0.05, 0.1) is 0 Å². The zero-order valence-corrected chi connectivity index (χ0v) is 14.2. The van der Waals surface area contributed by atoms with Gasteiger partial charge in [0.1, 0.15) is 5.75 Å². The number of nitrogens with two attached hydrogens (primary N) is 1. The molecule has 1 amide bonds. The minimum absolute atomic E-state index is 0. The van der Waals surface area contributed by atoms with Crippen LogP contribution in [0.5, 0.6) is 5.75 Å². The number of ether oxygens (including phenoxy) is 1. The van der Waals surface area contributed by atoms with Crippen molar-refractivity contribution in [1.82, 2.24) is 0 Å². The van der Waals surface area contributed by atoms with E-state index in [9.17, 15) is 13.6 Å². The molecule has 0 spiro atoms. The van der Waals surface area contributed by atoms with Crippen LogP contribution in [0.15, 0.2) is 18.2 Å². The summed E-state index contributed by atoms with van der Waals surface area (Å²) in [7, 11) is 0. The molecule has 1 heterocycles. The zero-order chi connectivity index (χ0) is 16.4. The fourth-order valence-electron chi connectivity index (χ4n) is 3.65. The first-order valence-corrected chi connectivity index (χ1v) is 8.19. The number of nitrogens with zero attached hydrogens (tertiary/aromatic N) is 1. The van der Waals surface area contributed by atoms with Gasteiger partial charge in [-0.25, -0.2) is 0 Å². The molecule has 2 unspecified atom stereocenters. The molecule has 2 N–H and O–H groups in total. The van der Waals surface area contributed by atoms with Crippen LogP contribution in [0.4, 0.5) is 14.5 Å². The average molecular weight is 361 g/mol. The van der Waals surface area contributed by atoms with E-state index in [4.69, 9.17) is 5.73 Å². The number of carbonyl (C=O) groups excluding carboxylic acids is 1. The largest absolute Gasteiger partial charge is 0.435 e. The SMILES string of the molecule is Cl.NC1CCCC(C(=O)N2CCCc3cc(OC(F)F)ccc32)C1. The van der Waals surface area contributed by atoms with Crippen molar-refractivity contribution in [1.29, 1.82) is 0 Å². The van der Waals surface area contributed by atoms with Crippen LogP contribution in [-0.2, 0) is 11.2 Å². The molecule has 0 radical (unpaired) electrons. The van der Waals surface area contributed by atoms with E-state index in [-0.39, 0.29) is 36.0 Å². The van der Waals surface area contributed by atoms with Gasteiger partial charge in [-0.2, -0.15) is 8.78 Å². The Hall–Kier alpha value is -1.40. The number of aryl methyl sites for hydroxylation is 1. The Morgan fingerprint density at radius 2 is 2.08 bits per heavy atom. The molecule has 134 valence electrons. The minimum atomic E-state index is -2.84. The molecule has 1 aromatic carbocycles. The first-order valence-electron chi connectivity index (χ1n) is 8.19. The Bertz CT molecular complexity index is 586. The van der Waals surface area contributed by atoms with Crippen molar-refractivity contribution in [3.63, 3.8) is 0 Å². The summed E-state index contributed by atoms with van der Waals surface area (Å²) in [6, 6.07) is 4.94. The highest BCUT2D eigenvalue weighted by molar-refractivity contribution is 5.96. The van der Waals surface area contributed by atoms with E-state index in [1.54, 1.807) is 17.0 Å². The Morgan fingerprint density at radius 1 is 1.29 bits per heavy atom. The molecule has 2 atom stereocenters. The molecule has 7 heteroatoms. The number of alkyl halides is 2. The van der Waals surface area contributed by atoms with Gasteiger partial charge in [-0.1, -0.05) is 6.42 Å². The molecule has 1 aliphatic carbocycles. The second-order valence-corrected chi connectivity index (χ2v) is 6.39. The van der Waals surface area contributed by atoms with Gasteiger partial charge in [0.15, 0.2) is 0 Å². The lowest BCUT2D eigenvalue weighted by Gasteiger charge is -2.35. The predicted molar refractivity (Wildman–Crippen MR) is 90.9 cm³/mol. The number of amides is 1. The van der Waals surface area contributed by atoms with Crippen molar-refractivity contribution >= 4 is 24.0 Å². The lowest BCUT2D eigenvalue weighted by molar-refractivity contribution is -0.123. The topological polar surface area (TPSA) is 55.6 Å². The van der Waals surface area contributed by atoms with E-state index >= 15 is 0 Å². The summed E-state index contributed by atoms with van der Waals surface area (Å²) >= 11 is 0. The van der Waals surface area contributed by atoms with Crippen LogP contribution in [0.25, 0.3) is 0 Å². The van der Waals surface area contributed by atoms with Gasteiger partial charge < -0.3 is 15.4 Å². The lowest BCUT2D eigenvalue weighted by atomic mass is 9.84. The highest BCUT2D eigenvalue weighted by atomic mass is 35.5. The Balaban J connectivity index is 0.00000208. The van der Waals surface area contributed by atoms with Crippen LogP contribution in [0.2, 0.25) is 0 Å². The summed E-state index contributed by atoms with van der Waals surface area (Å²) in [6.07, 6.45) is 5.18. The van der Waals surface area contributed by atoms with Crippen molar-refractivity contribution in [3.05, 3.63) is 23.8 Å². The molecule has 0 saturated heterocycles. The Labute approximate surface area is 146 Å². The number of carbonyl (C=O) groups is 1. The van der Waals surface area contributed by atoms with Gasteiger partial charge in [0.25, 0.3) is 0 Å². The number of fused-ring (bicyclic) bond motifs is 1. The number of anilines is 1. The normalized spacial score (nSPS) is 23.4. The van der Waals surface area contributed by atoms with Crippen molar-refractivity contribution in [2.24, 2.45) is 11.7 Å². The van der Waals surface area contributed by atoms with Crippen molar-refractivity contribution in [2.45, 2.75) is 51.2 Å². The molecule has 1 fully saturated rings. The van der Waals surface area contributed by atoms with E-state index in [0.717, 1.165) is 49.8 Å². The van der Waals surface area contributed by atoms with E-state index in [2.05, 4.69) is 4.74 Å². The molecule has 0 bridgehead atoms. The fourth-order valence-corrected chi connectivity index (χ4v) is 3.65. The van der Waals surface area contributed by atoms with Crippen LogP contribution in [0, 0.1) is 5.92 Å². The number of hydrogen-bond acceptors (Lipinski definition) is 3. The van der Waals surface area contributed by atoms with Gasteiger partial charge in [0, 0.05) is 24.2 Å². The van der Waals surface area contributed by atoms with Gasteiger partial charge >= 0.3 is 6.61 Å². The minimum Gasteiger partial charge on any atom is -0.435 e. The molecular weight excluding hydrogens is 338 g/mol. The summed E-state index contributed by atoms with van der Waals surface area (Å²) < 4.78 is 29.1. The Morgan fingerprint density at radius 3 is 2.79 bits per heavy atom. The lowest BCUT2D eigenvalue weighted by Crippen LogP contribution is -2.43. The maximum absolute atomic E-state index is 12.8.